The molecule has 5 nitrogen and oxygen atoms in total. The molecule has 5 heteroatoms. The Morgan fingerprint density at radius 3 is 2.76 bits per heavy atom. The van der Waals surface area contributed by atoms with Crippen molar-refractivity contribution in [1.82, 2.24) is 9.88 Å². The number of rotatable bonds is 5. The van der Waals surface area contributed by atoms with Crippen molar-refractivity contribution in [3.63, 3.8) is 0 Å². The lowest BCUT2D eigenvalue weighted by Crippen LogP contribution is -2.47. The van der Waals surface area contributed by atoms with Crippen LogP contribution in [-0.2, 0) is 21.4 Å². The van der Waals surface area contributed by atoms with Crippen molar-refractivity contribution in [1.29, 1.82) is 0 Å². The summed E-state index contributed by atoms with van der Waals surface area (Å²) in [5, 5.41) is 2.39. The Labute approximate surface area is 195 Å². The number of carbonyl (C=O) groups excluding carboxylic acids is 1. The highest BCUT2D eigenvalue weighted by Crippen LogP contribution is 2.43. The number of amides is 1. The van der Waals surface area contributed by atoms with Crippen molar-refractivity contribution < 1.29 is 14.3 Å². The average Bonchev–Trinajstić information content (AvgIpc) is 3.25. The number of methoxy groups -OCH3 is 1. The Hall–Kier alpha value is -2.92. The molecule has 1 atom stereocenters. The summed E-state index contributed by atoms with van der Waals surface area (Å²) in [7, 11) is 1.68. The Balaban J connectivity index is 1.39. The number of hydrogen-bond acceptors (Lipinski definition) is 4. The third kappa shape index (κ3) is 4.34. The van der Waals surface area contributed by atoms with E-state index in [1.165, 1.54) is 10.9 Å². The molecule has 1 saturated carbocycles. The first-order chi connectivity index (χ1) is 16.2. The molecule has 1 aromatic heterocycles. The van der Waals surface area contributed by atoms with Crippen LogP contribution in [0.2, 0.25) is 0 Å². The second-order valence-electron chi connectivity index (χ2n) is 9.43. The van der Waals surface area contributed by atoms with Gasteiger partial charge in [-0.3, -0.25) is 9.78 Å². The van der Waals surface area contributed by atoms with Crippen molar-refractivity contribution >= 4 is 16.7 Å². The highest BCUT2D eigenvalue weighted by atomic mass is 16.5. The van der Waals surface area contributed by atoms with E-state index in [4.69, 9.17) is 9.47 Å². The highest BCUT2D eigenvalue weighted by molar-refractivity contribution is 5.89. The first kappa shape index (κ1) is 21.9. The molecule has 1 saturated heterocycles. The lowest BCUT2D eigenvalue weighted by atomic mass is 9.77. The van der Waals surface area contributed by atoms with E-state index in [2.05, 4.69) is 46.3 Å². The zero-order chi connectivity index (χ0) is 22.7. The SMILES string of the molecule is COc1ccc(C2(C(=O)N3CCOCC(Cc4cccc5cnccc45)C3)CCCC2)cc1. The second-order valence-corrected chi connectivity index (χ2v) is 9.43. The topological polar surface area (TPSA) is 51.7 Å². The van der Waals surface area contributed by atoms with Crippen LogP contribution in [-0.4, -0.2) is 49.2 Å². The van der Waals surface area contributed by atoms with Crippen LogP contribution in [0.25, 0.3) is 10.8 Å². The van der Waals surface area contributed by atoms with Crippen LogP contribution in [0.5, 0.6) is 5.75 Å². The van der Waals surface area contributed by atoms with Gasteiger partial charge >= 0.3 is 0 Å². The summed E-state index contributed by atoms with van der Waals surface area (Å²) in [5.41, 5.74) is 1.99. The van der Waals surface area contributed by atoms with Gasteiger partial charge in [-0.1, -0.05) is 43.2 Å². The third-order valence-electron chi connectivity index (χ3n) is 7.41. The maximum atomic E-state index is 14.1. The van der Waals surface area contributed by atoms with Gasteiger partial charge in [-0.25, -0.2) is 0 Å². The summed E-state index contributed by atoms with van der Waals surface area (Å²) in [6.45, 7) is 2.67. The van der Waals surface area contributed by atoms with Gasteiger partial charge in [-0.15, -0.1) is 0 Å². The summed E-state index contributed by atoms with van der Waals surface area (Å²) < 4.78 is 11.3. The van der Waals surface area contributed by atoms with Crippen molar-refractivity contribution in [2.24, 2.45) is 5.92 Å². The minimum Gasteiger partial charge on any atom is -0.497 e. The molecule has 33 heavy (non-hydrogen) atoms. The molecule has 1 unspecified atom stereocenters. The number of hydrogen-bond donors (Lipinski definition) is 0. The molecule has 3 aromatic rings. The van der Waals surface area contributed by atoms with Gasteiger partial charge in [-0.05, 0) is 54.0 Å². The van der Waals surface area contributed by atoms with Gasteiger partial charge in [0.2, 0.25) is 5.91 Å². The Kier molecular flexibility index (Phi) is 6.32. The predicted octanol–water partition coefficient (Wildman–Crippen LogP) is 4.77. The fourth-order valence-corrected chi connectivity index (χ4v) is 5.68. The van der Waals surface area contributed by atoms with Gasteiger partial charge < -0.3 is 14.4 Å². The van der Waals surface area contributed by atoms with Crippen LogP contribution in [0.1, 0.15) is 36.8 Å². The summed E-state index contributed by atoms with van der Waals surface area (Å²) in [5.74, 6) is 1.36. The van der Waals surface area contributed by atoms with Gasteiger partial charge in [0.25, 0.3) is 0 Å². The van der Waals surface area contributed by atoms with E-state index < -0.39 is 5.41 Å². The fourth-order valence-electron chi connectivity index (χ4n) is 5.68. The molecule has 0 radical (unpaired) electrons. The number of nitrogens with zero attached hydrogens (tertiary/aromatic N) is 2. The predicted molar refractivity (Wildman–Crippen MR) is 129 cm³/mol. The highest BCUT2D eigenvalue weighted by Gasteiger charge is 2.45. The quantitative estimate of drug-likeness (QED) is 0.569. The minimum atomic E-state index is -0.424. The van der Waals surface area contributed by atoms with Gasteiger partial charge in [0.1, 0.15) is 5.75 Å². The number of aromatic nitrogens is 1. The lowest BCUT2D eigenvalue weighted by molar-refractivity contribution is -0.137. The van der Waals surface area contributed by atoms with Gasteiger partial charge in [0.05, 0.1) is 25.7 Å². The molecular weight excluding hydrogens is 412 g/mol. The van der Waals surface area contributed by atoms with Crippen molar-refractivity contribution in [2.45, 2.75) is 37.5 Å². The van der Waals surface area contributed by atoms with Crippen molar-refractivity contribution in [3.05, 3.63) is 72.1 Å². The first-order valence-electron chi connectivity index (χ1n) is 12.0. The summed E-state index contributed by atoms with van der Waals surface area (Å²) >= 11 is 0. The van der Waals surface area contributed by atoms with E-state index in [1.54, 1.807) is 7.11 Å². The zero-order valence-electron chi connectivity index (χ0n) is 19.3. The van der Waals surface area contributed by atoms with Crippen LogP contribution in [0, 0.1) is 5.92 Å². The Bertz CT molecular complexity index is 1100. The molecule has 1 amide bonds. The molecule has 2 aromatic carbocycles. The van der Waals surface area contributed by atoms with E-state index in [-0.39, 0.29) is 11.8 Å². The Morgan fingerprint density at radius 1 is 1.15 bits per heavy atom. The molecule has 0 spiro atoms. The van der Waals surface area contributed by atoms with Crippen LogP contribution in [0.15, 0.2) is 60.9 Å². The van der Waals surface area contributed by atoms with Crippen molar-refractivity contribution in [2.75, 3.05) is 33.4 Å². The molecule has 2 heterocycles. The Morgan fingerprint density at radius 2 is 1.97 bits per heavy atom. The molecule has 172 valence electrons. The number of pyridine rings is 1. The van der Waals surface area contributed by atoms with Crippen LogP contribution in [0.4, 0.5) is 0 Å². The second kappa shape index (κ2) is 9.52. The molecule has 0 bridgehead atoms. The summed E-state index contributed by atoms with van der Waals surface area (Å²) in [6, 6.07) is 16.6. The molecule has 2 aliphatic rings. The van der Waals surface area contributed by atoms with E-state index in [0.717, 1.165) is 55.3 Å². The number of fused-ring (bicyclic) bond motifs is 1. The van der Waals surface area contributed by atoms with E-state index in [9.17, 15) is 4.79 Å². The smallest absolute Gasteiger partial charge is 0.233 e. The van der Waals surface area contributed by atoms with E-state index >= 15 is 0 Å². The molecule has 0 N–H and O–H groups in total. The summed E-state index contributed by atoms with van der Waals surface area (Å²) in [4.78, 5) is 20.4. The van der Waals surface area contributed by atoms with Crippen LogP contribution in [0.3, 0.4) is 0 Å². The fraction of sp³-hybridized carbons (Fsp3) is 0.429. The molecule has 5 rings (SSSR count). The number of benzene rings is 2. The average molecular weight is 445 g/mol. The standard InChI is InChI=1S/C28H32N2O3/c1-32-25-9-7-24(8-10-25)28(12-2-3-13-28)27(31)30-15-16-33-20-21(19-30)17-22-5-4-6-23-18-29-14-11-26(22)23/h4-11,14,18,21H,2-3,12-13,15-17,19-20H2,1H3. The number of carbonyl (C=O) groups is 1. The normalized spacial score (nSPS) is 20.5. The number of ether oxygens (including phenoxy) is 2. The van der Waals surface area contributed by atoms with Gasteiger partial charge in [0.15, 0.2) is 0 Å². The van der Waals surface area contributed by atoms with Gasteiger partial charge in [0, 0.05) is 36.8 Å². The lowest BCUT2D eigenvalue weighted by Gasteiger charge is -2.35. The van der Waals surface area contributed by atoms with Gasteiger partial charge in [-0.2, -0.15) is 0 Å². The van der Waals surface area contributed by atoms with Crippen molar-refractivity contribution in [3.8, 4) is 5.75 Å². The molecule has 1 aliphatic heterocycles. The maximum absolute atomic E-state index is 14.1. The maximum Gasteiger partial charge on any atom is 0.233 e. The summed E-state index contributed by atoms with van der Waals surface area (Å²) in [6.07, 6.45) is 8.67. The van der Waals surface area contributed by atoms with Crippen LogP contribution < -0.4 is 4.74 Å². The molecule has 2 fully saturated rings. The molecular formula is C28H32N2O3. The molecule has 1 aliphatic carbocycles. The third-order valence-corrected chi connectivity index (χ3v) is 7.41. The monoisotopic (exact) mass is 444 g/mol. The first-order valence-corrected chi connectivity index (χ1v) is 12.0. The largest absolute Gasteiger partial charge is 0.497 e. The zero-order valence-corrected chi connectivity index (χ0v) is 19.3. The minimum absolute atomic E-state index is 0.266. The van der Waals surface area contributed by atoms with Crippen LogP contribution >= 0.6 is 0 Å². The van der Waals surface area contributed by atoms with E-state index in [0.29, 0.717) is 19.8 Å². The van der Waals surface area contributed by atoms with E-state index in [1.807, 2.05) is 24.5 Å².